The van der Waals surface area contributed by atoms with Crippen LogP contribution in [0.4, 0.5) is 0 Å². The zero-order valence-electron chi connectivity index (χ0n) is 13.0. The predicted molar refractivity (Wildman–Crippen MR) is 94.2 cm³/mol. The summed E-state index contributed by atoms with van der Waals surface area (Å²) in [5, 5.41) is 3.46. The first-order valence-corrected chi connectivity index (χ1v) is 8.77. The van der Waals surface area contributed by atoms with Gasteiger partial charge in [-0.25, -0.2) is 0 Å². The summed E-state index contributed by atoms with van der Waals surface area (Å²) in [7, 11) is 0. The monoisotopic (exact) mass is 367 g/mol. The van der Waals surface area contributed by atoms with Crippen molar-refractivity contribution in [2.75, 3.05) is 0 Å². The third-order valence-electron chi connectivity index (χ3n) is 3.28. The Morgan fingerprint density at radius 1 is 1.24 bits per heavy atom. The molecule has 2 aromatic rings. The van der Waals surface area contributed by atoms with Gasteiger partial charge in [-0.1, -0.05) is 29.8 Å². The molecule has 0 fully saturated rings. The van der Waals surface area contributed by atoms with Gasteiger partial charge in [-0.2, -0.15) is 0 Å². The van der Waals surface area contributed by atoms with Crippen LogP contribution < -0.4 is 10.1 Å². The molecule has 0 bridgehead atoms. The van der Waals surface area contributed by atoms with Gasteiger partial charge in [0.15, 0.2) is 0 Å². The first-order chi connectivity index (χ1) is 9.95. The average molecular weight is 368 g/mol. The maximum absolute atomic E-state index is 5.96. The number of ether oxygens (including phenoxy) is 1. The van der Waals surface area contributed by atoms with Gasteiger partial charge in [-0.15, -0.1) is 11.3 Å². The summed E-state index contributed by atoms with van der Waals surface area (Å²) < 4.78 is 7.05. The van der Waals surface area contributed by atoms with Crippen molar-refractivity contribution < 1.29 is 4.74 Å². The van der Waals surface area contributed by atoms with Gasteiger partial charge in [0.25, 0.3) is 0 Å². The van der Waals surface area contributed by atoms with E-state index in [0.29, 0.717) is 12.6 Å². The average Bonchev–Trinajstić information content (AvgIpc) is 2.76. The van der Waals surface area contributed by atoms with E-state index >= 15 is 0 Å². The highest BCUT2D eigenvalue weighted by Gasteiger charge is 2.08. The number of nitrogens with one attached hydrogen (secondary N) is 1. The molecule has 0 radical (unpaired) electrons. The second kappa shape index (κ2) is 7.43. The summed E-state index contributed by atoms with van der Waals surface area (Å²) in [5.74, 6) is 0.950. The summed E-state index contributed by atoms with van der Waals surface area (Å²) in [4.78, 5) is 2.71. The fourth-order valence-corrected chi connectivity index (χ4v) is 3.53. The maximum atomic E-state index is 5.96. The highest BCUT2D eigenvalue weighted by molar-refractivity contribution is 9.10. The van der Waals surface area contributed by atoms with E-state index in [0.717, 1.165) is 22.3 Å². The molecule has 0 aliphatic carbocycles. The highest BCUT2D eigenvalue weighted by Crippen LogP contribution is 2.26. The van der Waals surface area contributed by atoms with E-state index in [1.165, 1.54) is 15.3 Å². The Balaban J connectivity index is 1.99. The zero-order valence-corrected chi connectivity index (χ0v) is 15.4. The van der Waals surface area contributed by atoms with Crippen molar-refractivity contribution in [1.29, 1.82) is 0 Å². The summed E-state index contributed by atoms with van der Waals surface area (Å²) in [6.07, 6.45) is 0. The smallest absolute Gasteiger partial charge is 0.122 e. The molecule has 1 aromatic carbocycles. The number of hydrogen-bond donors (Lipinski definition) is 1. The Morgan fingerprint density at radius 3 is 2.67 bits per heavy atom. The first kappa shape index (κ1) is 16.5. The summed E-state index contributed by atoms with van der Waals surface area (Å²) in [5.41, 5.74) is 2.43. The van der Waals surface area contributed by atoms with Gasteiger partial charge in [0.1, 0.15) is 12.4 Å². The molecule has 2 nitrogen and oxygen atoms in total. The largest absolute Gasteiger partial charge is 0.489 e. The van der Waals surface area contributed by atoms with Crippen molar-refractivity contribution in [3.8, 4) is 5.75 Å². The lowest BCUT2D eigenvalue weighted by Gasteiger charge is -2.09. The van der Waals surface area contributed by atoms with Gasteiger partial charge in [0, 0.05) is 32.4 Å². The van der Waals surface area contributed by atoms with Crippen molar-refractivity contribution in [3.63, 3.8) is 0 Å². The lowest BCUT2D eigenvalue weighted by atomic mass is 10.2. The summed E-state index contributed by atoms with van der Waals surface area (Å²) in [6, 6.07) is 8.87. The molecule has 0 unspecified atom stereocenters. The van der Waals surface area contributed by atoms with E-state index < -0.39 is 0 Å². The molecule has 0 aliphatic heterocycles. The zero-order chi connectivity index (χ0) is 15.4. The van der Waals surface area contributed by atoms with E-state index in [1.54, 1.807) is 0 Å². The van der Waals surface area contributed by atoms with Crippen LogP contribution in [-0.4, -0.2) is 6.04 Å². The quantitative estimate of drug-likeness (QED) is 0.756. The summed E-state index contributed by atoms with van der Waals surface area (Å²) >= 11 is 5.32. The molecule has 0 saturated heterocycles. The van der Waals surface area contributed by atoms with Crippen LogP contribution in [0.2, 0.25) is 0 Å². The molecule has 2 rings (SSSR count). The van der Waals surface area contributed by atoms with Crippen LogP contribution in [0, 0.1) is 13.8 Å². The first-order valence-electron chi connectivity index (χ1n) is 7.16. The van der Waals surface area contributed by atoms with E-state index in [2.05, 4.69) is 61.1 Å². The lowest BCUT2D eigenvalue weighted by molar-refractivity contribution is 0.304. The molecule has 0 atom stereocenters. The Hall–Kier alpha value is -0.840. The van der Waals surface area contributed by atoms with Gasteiger partial charge in [0.2, 0.25) is 0 Å². The topological polar surface area (TPSA) is 21.3 Å². The minimum Gasteiger partial charge on any atom is -0.489 e. The van der Waals surface area contributed by atoms with Gasteiger partial charge in [-0.05, 0) is 43.7 Å². The van der Waals surface area contributed by atoms with Gasteiger partial charge in [-0.3, -0.25) is 0 Å². The van der Waals surface area contributed by atoms with Crippen LogP contribution in [0.25, 0.3) is 0 Å². The van der Waals surface area contributed by atoms with Crippen molar-refractivity contribution in [2.24, 2.45) is 0 Å². The summed E-state index contributed by atoms with van der Waals surface area (Å²) in [6.45, 7) is 10.1. The van der Waals surface area contributed by atoms with Crippen LogP contribution in [0.5, 0.6) is 5.75 Å². The van der Waals surface area contributed by atoms with Crippen molar-refractivity contribution in [2.45, 2.75) is 46.9 Å². The number of aryl methyl sites for hydroxylation is 2. The highest BCUT2D eigenvalue weighted by atomic mass is 79.9. The Labute approximate surface area is 139 Å². The molecule has 114 valence electrons. The maximum Gasteiger partial charge on any atom is 0.122 e. The van der Waals surface area contributed by atoms with E-state index in [9.17, 15) is 0 Å². The van der Waals surface area contributed by atoms with Gasteiger partial charge in [0.05, 0.1) is 0 Å². The van der Waals surface area contributed by atoms with Crippen LogP contribution in [-0.2, 0) is 13.2 Å². The molecular weight excluding hydrogens is 346 g/mol. The standard InChI is InChI=1S/C17H22BrNOS/c1-11(2)19-9-16-8-14(13(4)21-16)10-20-17-6-5-15(18)7-12(17)3/h5-8,11,19H,9-10H2,1-4H3. The van der Waals surface area contributed by atoms with Gasteiger partial charge < -0.3 is 10.1 Å². The SMILES string of the molecule is Cc1cc(Br)ccc1OCc1cc(CNC(C)C)sc1C. The molecule has 1 heterocycles. The molecular formula is C17H22BrNOS. The number of halogens is 1. The van der Waals surface area contributed by atoms with Crippen LogP contribution in [0.3, 0.4) is 0 Å². The second-order valence-electron chi connectivity index (χ2n) is 5.53. The molecule has 0 aliphatic rings. The Kier molecular flexibility index (Phi) is 5.85. The van der Waals surface area contributed by atoms with E-state index in [1.807, 2.05) is 23.5 Å². The molecule has 0 amide bonds. The van der Waals surface area contributed by atoms with Crippen molar-refractivity contribution in [3.05, 3.63) is 49.6 Å². The number of benzene rings is 1. The number of rotatable bonds is 6. The lowest BCUT2D eigenvalue weighted by Crippen LogP contribution is -2.21. The normalized spacial score (nSPS) is 11.1. The van der Waals surface area contributed by atoms with E-state index in [-0.39, 0.29) is 0 Å². The van der Waals surface area contributed by atoms with Gasteiger partial charge >= 0.3 is 0 Å². The second-order valence-corrected chi connectivity index (χ2v) is 7.78. The predicted octanol–water partition coefficient (Wildman–Crippen LogP) is 5.20. The van der Waals surface area contributed by atoms with Crippen molar-refractivity contribution in [1.82, 2.24) is 5.32 Å². The molecule has 0 saturated carbocycles. The Bertz CT molecular complexity index is 607. The van der Waals surface area contributed by atoms with Crippen LogP contribution >= 0.6 is 27.3 Å². The molecule has 0 spiro atoms. The minimum absolute atomic E-state index is 0.512. The van der Waals surface area contributed by atoms with Crippen molar-refractivity contribution >= 4 is 27.3 Å². The Morgan fingerprint density at radius 2 is 2.00 bits per heavy atom. The third-order valence-corrected chi connectivity index (χ3v) is 4.86. The fraction of sp³-hybridized carbons (Fsp3) is 0.412. The molecule has 4 heteroatoms. The van der Waals surface area contributed by atoms with E-state index in [4.69, 9.17) is 4.74 Å². The molecule has 1 N–H and O–H groups in total. The fourth-order valence-electron chi connectivity index (χ4n) is 2.05. The molecule has 1 aromatic heterocycles. The number of hydrogen-bond acceptors (Lipinski definition) is 3. The number of thiophene rings is 1. The molecule has 21 heavy (non-hydrogen) atoms. The minimum atomic E-state index is 0.512. The third kappa shape index (κ3) is 4.83. The van der Waals surface area contributed by atoms with Crippen LogP contribution in [0.15, 0.2) is 28.7 Å². The van der Waals surface area contributed by atoms with Crippen LogP contribution in [0.1, 0.15) is 34.7 Å².